The van der Waals surface area contributed by atoms with E-state index in [9.17, 15) is 19.7 Å². The second-order valence-electron chi connectivity index (χ2n) is 6.36. The summed E-state index contributed by atoms with van der Waals surface area (Å²) in [5.74, 6) is -0.759. The first-order chi connectivity index (χ1) is 12.1. The van der Waals surface area contributed by atoms with E-state index in [1.54, 1.807) is 30.3 Å². The Morgan fingerprint density at radius 1 is 0.840 bits per heavy atom. The van der Waals surface area contributed by atoms with E-state index < -0.39 is 10.7 Å². The van der Waals surface area contributed by atoms with Gasteiger partial charge in [0.15, 0.2) is 5.78 Å². The molecule has 25 heavy (non-hydrogen) atoms. The molecule has 4 rings (SSSR count). The van der Waals surface area contributed by atoms with Gasteiger partial charge in [-0.25, -0.2) is 0 Å². The first-order valence-electron chi connectivity index (χ1n) is 8.34. The van der Waals surface area contributed by atoms with Gasteiger partial charge in [-0.3, -0.25) is 19.7 Å². The lowest BCUT2D eigenvalue weighted by atomic mass is 9.82. The fourth-order valence-electron chi connectivity index (χ4n) is 3.74. The van der Waals surface area contributed by atoms with E-state index in [1.165, 1.54) is 6.07 Å². The predicted octanol–water partition coefficient (Wildman–Crippen LogP) is 3.36. The lowest BCUT2D eigenvalue weighted by molar-refractivity contribution is -0.385. The molecule has 0 aromatic heterocycles. The molecule has 6 nitrogen and oxygen atoms in total. The van der Waals surface area contributed by atoms with Crippen molar-refractivity contribution in [2.75, 3.05) is 18.0 Å². The van der Waals surface area contributed by atoms with E-state index >= 15 is 0 Å². The van der Waals surface area contributed by atoms with E-state index in [4.69, 9.17) is 0 Å². The lowest BCUT2D eigenvalue weighted by Gasteiger charge is -2.32. The minimum absolute atomic E-state index is 0.0724. The summed E-state index contributed by atoms with van der Waals surface area (Å²) in [5, 5.41) is 11.5. The lowest BCUT2D eigenvalue weighted by Crippen LogP contribution is -2.33. The van der Waals surface area contributed by atoms with Crippen molar-refractivity contribution in [3.05, 3.63) is 68.8 Å². The third kappa shape index (κ3) is 2.33. The van der Waals surface area contributed by atoms with E-state index in [0.29, 0.717) is 11.3 Å². The first-order valence-corrected chi connectivity index (χ1v) is 8.34. The molecule has 6 heteroatoms. The molecule has 126 valence electrons. The molecule has 0 spiro atoms. The first kappa shape index (κ1) is 15.5. The van der Waals surface area contributed by atoms with Gasteiger partial charge in [-0.2, -0.15) is 0 Å². The van der Waals surface area contributed by atoms with Gasteiger partial charge >= 0.3 is 0 Å². The Labute approximate surface area is 144 Å². The quantitative estimate of drug-likeness (QED) is 0.529. The number of rotatable bonds is 2. The fourth-order valence-corrected chi connectivity index (χ4v) is 3.74. The predicted molar refractivity (Wildman–Crippen MR) is 92.5 cm³/mol. The molecule has 1 heterocycles. The topological polar surface area (TPSA) is 80.5 Å². The number of nitrogens with zero attached hydrogens (tertiary/aromatic N) is 2. The number of piperidine rings is 1. The molecule has 0 bridgehead atoms. The molecule has 1 aliphatic carbocycles. The van der Waals surface area contributed by atoms with Crippen LogP contribution in [0.2, 0.25) is 0 Å². The van der Waals surface area contributed by atoms with Crippen molar-refractivity contribution in [1.82, 2.24) is 0 Å². The van der Waals surface area contributed by atoms with Gasteiger partial charge in [0.05, 0.1) is 10.5 Å². The highest BCUT2D eigenvalue weighted by molar-refractivity contribution is 6.31. The van der Waals surface area contributed by atoms with Crippen molar-refractivity contribution in [1.29, 1.82) is 0 Å². The highest BCUT2D eigenvalue weighted by Gasteiger charge is 2.38. The molecule has 2 aromatic carbocycles. The zero-order valence-corrected chi connectivity index (χ0v) is 13.5. The molecule has 2 aliphatic rings. The van der Waals surface area contributed by atoms with Crippen LogP contribution in [0.15, 0.2) is 36.4 Å². The van der Waals surface area contributed by atoms with Crippen LogP contribution in [-0.2, 0) is 0 Å². The van der Waals surface area contributed by atoms with Crippen LogP contribution in [0, 0.1) is 10.1 Å². The minimum Gasteiger partial charge on any atom is -0.371 e. The van der Waals surface area contributed by atoms with Crippen molar-refractivity contribution in [2.24, 2.45) is 0 Å². The van der Waals surface area contributed by atoms with E-state index in [1.807, 2.05) is 0 Å². The van der Waals surface area contributed by atoms with Crippen LogP contribution in [0.3, 0.4) is 0 Å². The molecular formula is C19H16N2O4. The number of nitro groups is 1. The summed E-state index contributed by atoms with van der Waals surface area (Å²) in [7, 11) is 0. The number of carbonyl (C=O) groups excluding carboxylic acids is 2. The summed E-state index contributed by atoms with van der Waals surface area (Å²) >= 11 is 0. The van der Waals surface area contributed by atoms with E-state index in [2.05, 4.69) is 4.90 Å². The molecule has 2 aromatic rings. The van der Waals surface area contributed by atoms with Crippen LogP contribution >= 0.6 is 0 Å². The second kappa shape index (κ2) is 5.81. The van der Waals surface area contributed by atoms with Gasteiger partial charge in [-0.05, 0) is 25.3 Å². The van der Waals surface area contributed by atoms with Gasteiger partial charge in [0.2, 0.25) is 5.78 Å². The Morgan fingerprint density at radius 2 is 1.44 bits per heavy atom. The summed E-state index contributed by atoms with van der Waals surface area (Å²) in [6, 6.07) is 9.48. The monoisotopic (exact) mass is 336 g/mol. The van der Waals surface area contributed by atoms with E-state index in [0.717, 1.165) is 32.4 Å². The highest BCUT2D eigenvalue weighted by atomic mass is 16.6. The summed E-state index contributed by atoms with van der Waals surface area (Å²) in [6.45, 7) is 1.57. The van der Waals surface area contributed by atoms with Crippen LogP contribution in [0.4, 0.5) is 11.4 Å². The fraction of sp³-hybridized carbons (Fsp3) is 0.263. The van der Waals surface area contributed by atoms with Gasteiger partial charge < -0.3 is 4.90 Å². The van der Waals surface area contributed by atoms with Crippen molar-refractivity contribution >= 4 is 22.9 Å². The number of hydrogen-bond acceptors (Lipinski definition) is 5. The van der Waals surface area contributed by atoms with Gasteiger partial charge in [0.1, 0.15) is 5.56 Å². The maximum absolute atomic E-state index is 13.1. The summed E-state index contributed by atoms with van der Waals surface area (Å²) < 4.78 is 0. The molecule has 1 aliphatic heterocycles. The number of nitro benzene ring substituents is 1. The smallest absolute Gasteiger partial charge is 0.281 e. The number of fused-ring (bicyclic) bond motifs is 2. The second-order valence-corrected chi connectivity index (χ2v) is 6.36. The van der Waals surface area contributed by atoms with Crippen molar-refractivity contribution in [3.8, 4) is 0 Å². The van der Waals surface area contributed by atoms with Gasteiger partial charge in [0.25, 0.3) is 5.69 Å². The molecule has 0 radical (unpaired) electrons. The number of hydrogen-bond donors (Lipinski definition) is 0. The molecule has 0 N–H and O–H groups in total. The van der Waals surface area contributed by atoms with Crippen molar-refractivity contribution in [3.63, 3.8) is 0 Å². The molecule has 0 unspecified atom stereocenters. The maximum atomic E-state index is 13.1. The largest absolute Gasteiger partial charge is 0.371 e. The third-order valence-electron chi connectivity index (χ3n) is 4.93. The Morgan fingerprint density at radius 3 is 2.04 bits per heavy atom. The van der Waals surface area contributed by atoms with Crippen LogP contribution in [-0.4, -0.2) is 29.6 Å². The summed E-state index contributed by atoms with van der Waals surface area (Å²) in [6.07, 6.45) is 3.14. The normalized spacial score (nSPS) is 16.4. The van der Waals surface area contributed by atoms with Gasteiger partial charge in [-0.1, -0.05) is 24.3 Å². The standard InChI is InChI=1S/C19H16N2O4/c22-18-12-6-2-3-7-13(12)19(23)17-15(21(24)25)9-8-14(16(17)18)20-10-4-1-5-11-20/h2-3,6-9H,1,4-5,10-11H2. The third-order valence-corrected chi connectivity index (χ3v) is 4.93. The molecule has 1 saturated heterocycles. The Hall–Kier alpha value is -3.02. The Kier molecular flexibility index (Phi) is 3.60. The van der Waals surface area contributed by atoms with Crippen molar-refractivity contribution in [2.45, 2.75) is 19.3 Å². The summed E-state index contributed by atoms with van der Waals surface area (Å²) in [5.41, 5.74) is 0.992. The van der Waals surface area contributed by atoms with Crippen LogP contribution in [0.25, 0.3) is 0 Å². The summed E-state index contributed by atoms with van der Waals surface area (Å²) in [4.78, 5) is 39.0. The zero-order chi connectivity index (χ0) is 17.6. The number of anilines is 1. The van der Waals surface area contributed by atoms with Crippen LogP contribution in [0.5, 0.6) is 0 Å². The minimum atomic E-state index is -0.585. The van der Waals surface area contributed by atoms with Gasteiger partial charge in [-0.15, -0.1) is 0 Å². The molecule has 1 fully saturated rings. The zero-order valence-electron chi connectivity index (χ0n) is 13.5. The van der Waals surface area contributed by atoms with Crippen LogP contribution < -0.4 is 4.90 Å². The van der Waals surface area contributed by atoms with Gasteiger partial charge in [0, 0.05) is 36.0 Å². The highest BCUT2D eigenvalue weighted by Crippen LogP contribution is 2.39. The average molecular weight is 336 g/mol. The average Bonchev–Trinajstić information content (AvgIpc) is 2.65. The molecule has 0 amide bonds. The number of ketones is 2. The number of carbonyl (C=O) groups is 2. The Bertz CT molecular complexity index is 914. The molecular weight excluding hydrogens is 320 g/mol. The number of benzene rings is 2. The molecule has 0 saturated carbocycles. The van der Waals surface area contributed by atoms with E-state index in [-0.39, 0.29) is 28.2 Å². The maximum Gasteiger partial charge on any atom is 0.281 e. The molecule has 0 atom stereocenters. The Balaban J connectivity index is 1.98. The van der Waals surface area contributed by atoms with Crippen molar-refractivity contribution < 1.29 is 14.5 Å². The van der Waals surface area contributed by atoms with Crippen LogP contribution in [0.1, 0.15) is 51.1 Å². The SMILES string of the molecule is O=C1c2ccccc2C(=O)c2c([N+](=O)[O-])ccc(N3CCCCC3)c21.